The highest BCUT2D eigenvalue weighted by molar-refractivity contribution is 6.33. The molecule has 0 unspecified atom stereocenters. The molecule has 1 heterocycles. The van der Waals surface area contributed by atoms with Gasteiger partial charge in [0.05, 0.1) is 10.7 Å². The molecule has 1 aromatic rings. The van der Waals surface area contributed by atoms with Gasteiger partial charge in [-0.05, 0) is 18.2 Å². The van der Waals surface area contributed by atoms with Crippen LogP contribution in [0.1, 0.15) is 0 Å². The normalized spacial score (nSPS) is 15.9. The molecular formula is C13H16ClN2O2. The summed E-state index contributed by atoms with van der Waals surface area (Å²) in [5, 5.41) is 0.703. The van der Waals surface area contributed by atoms with Crippen molar-refractivity contribution < 1.29 is 9.53 Å². The first-order chi connectivity index (χ1) is 8.72. The van der Waals surface area contributed by atoms with Gasteiger partial charge in [-0.1, -0.05) is 17.7 Å². The molecule has 0 aromatic heterocycles. The van der Waals surface area contributed by atoms with E-state index < -0.39 is 0 Å². The summed E-state index contributed by atoms with van der Waals surface area (Å²) in [5.41, 5.74) is 1.01. The first-order valence-corrected chi connectivity index (χ1v) is 6.27. The monoisotopic (exact) mass is 267 g/mol. The lowest BCUT2D eigenvalue weighted by molar-refractivity contribution is -0.135. The Kier molecular flexibility index (Phi) is 4.44. The fraction of sp³-hybridized carbons (Fsp3) is 0.462. The standard InChI is InChI=1S/C13H16ClN2O2/c1-18-10-13(17)16-8-6-15(7-9-16)12-5-3-2-4-11(12)14/h3-5H,6-10H2,1H3. The molecule has 0 N–H and O–H groups in total. The number of amides is 1. The zero-order valence-electron chi connectivity index (χ0n) is 10.4. The lowest BCUT2D eigenvalue weighted by Crippen LogP contribution is -2.49. The highest BCUT2D eigenvalue weighted by Gasteiger charge is 2.21. The summed E-state index contributed by atoms with van der Waals surface area (Å²) < 4.78 is 4.86. The molecule has 1 saturated heterocycles. The van der Waals surface area contributed by atoms with Crippen molar-refractivity contribution in [2.45, 2.75) is 0 Å². The van der Waals surface area contributed by atoms with Crippen molar-refractivity contribution in [3.8, 4) is 0 Å². The largest absolute Gasteiger partial charge is 0.375 e. The van der Waals surface area contributed by atoms with Crippen molar-refractivity contribution in [3.63, 3.8) is 0 Å². The van der Waals surface area contributed by atoms with Gasteiger partial charge in [-0.15, -0.1) is 0 Å². The van der Waals surface area contributed by atoms with E-state index in [1.165, 1.54) is 7.11 Å². The first-order valence-electron chi connectivity index (χ1n) is 5.89. The minimum absolute atomic E-state index is 0.0460. The Morgan fingerprint density at radius 1 is 1.44 bits per heavy atom. The fourth-order valence-corrected chi connectivity index (χ4v) is 2.32. The predicted molar refractivity (Wildman–Crippen MR) is 71.0 cm³/mol. The maximum atomic E-state index is 11.7. The van der Waals surface area contributed by atoms with Crippen molar-refractivity contribution in [2.75, 3.05) is 44.8 Å². The summed E-state index contributed by atoms with van der Waals surface area (Å²) in [6.45, 7) is 3.15. The highest BCUT2D eigenvalue weighted by Crippen LogP contribution is 2.25. The average molecular weight is 268 g/mol. The molecule has 1 aliphatic heterocycles. The molecule has 4 nitrogen and oxygen atoms in total. The van der Waals surface area contributed by atoms with Gasteiger partial charge in [0.2, 0.25) is 5.91 Å². The summed E-state index contributed by atoms with van der Waals surface area (Å²) in [4.78, 5) is 15.7. The van der Waals surface area contributed by atoms with Crippen LogP contribution >= 0.6 is 11.6 Å². The minimum atomic E-state index is 0.0460. The van der Waals surface area contributed by atoms with Crippen LogP contribution in [0.15, 0.2) is 18.2 Å². The molecule has 5 heteroatoms. The van der Waals surface area contributed by atoms with Gasteiger partial charge in [0, 0.05) is 33.3 Å². The van der Waals surface area contributed by atoms with Gasteiger partial charge >= 0.3 is 0 Å². The van der Waals surface area contributed by atoms with Crippen molar-refractivity contribution >= 4 is 23.2 Å². The van der Waals surface area contributed by atoms with Crippen LogP contribution in [0.25, 0.3) is 0 Å². The van der Waals surface area contributed by atoms with Crippen LogP contribution < -0.4 is 4.90 Å². The summed E-state index contributed by atoms with van der Waals surface area (Å²) in [7, 11) is 1.54. The highest BCUT2D eigenvalue weighted by atomic mass is 35.5. The Labute approximate surface area is 112 Å². The second-order valence-corrected chi connectivity index (χ2v) is 4.59. The number of ether oxygens (including phenoxy) is 1. The second kappa shape index (κ2) is 6.07. The number of benzene rings is 1. The number of carbonyl (C=O) groups excluding carboxylic acids is 1. The van der Waals surface area contributed by atoms with Crippen LogP contribution in [0.3, 0.4) is 0 Å². The molecule has 1 fully saturated rings. The van der Waals surface area contributed by atoms with Crippen molar-refractivity contribution in [1.82, 2.24) is 4.90 Å². The third-order valence-corrected chi connectivity index (χ3v) is 3.34. The van der Waals surface area contributed by atoms with Crippen LogP contribution in [0, 0.1) is 6.07 Å². The second-order valence-electron chi connectivity index (χ2n) is 4.18. The Morgan fingerprint density at radius 3 is 2.78 bits per heavy atom. The van der Waals surface area contributed by atoms with E-state index in [1.54, 1.807) is 6.07 Å². The Hall–Kier alpha value is -1.26. The van der Waals surface area contributed by atoms with Crippen molar-refractivity contribution in [3.05, 3.63) is 29.3 Å². The minimum Gasteiger partial charge on any atom is -0.375 e. The number of rotatable bonds is 3. The number of anilines is 1. The van der Waals surface area contributed by atoms with Gasteiger partial charge in [-0.2, -0.15) is 0 Å². The Bertz CT molecular complexity index is 417. The first kappa shape index (κ1) is 13.2. The zero-order valence-corrected chi connectivity index (χ0v) is 11.1. The van der Waals surface area contributed by atoms with E-state index in [0.717, 1.165) is 18.8 Å². The van der Waals surface area contributed by atoms with Crippen LogP contribution in [0.2, 0.25) is 5.02 Å². The lowest BCUT2D eigenvalue weighted by atomic mass is 10.2. The van der Waals surface area contributed by atoms with Gasteiger partial charge < -0.3 is 14.5 Å². The van der Waals surface area contributed by atoms with Crippen molar-refractivity contribution in [2.24, 2.45) is 0 Å². The van der Waals surface area contributed by atoms with Gasteiger partial charge in [-0.25, -0.2) is 0 Å². The smallest absolute Gasteiger partial charge is 0.248 e. The van der Waals surface area contributed by atoms with Crippen molar-refractivity contribution in [1.29, 1.82) is 0 Å². The SMILES string of the molecule is COCC(=O)N1CCN(c2cc[c]cc2Cl)CC1. The van der Waals surface area contributed by atoms with Gasteiger partial charge in [0.1, 0.15) is 6.61 Å². The van der Waals surface area contributed by atoms with E-state index in [4.69, 9.17) is 16.3 Å². The molecule has 0 atom stereocenters. The molecule has 2 rings (SSSR count). The number of hydrogen-bond donors (Lipinski definition) is 0. The lowest BCUT2D eigenvalue weighted by Gasteiger charge is -2.36. The molecule has 1 aromatic carbocycles. The summed E-state index contributed by atoms with van der Waals surface area (Å²) in [5.74, 6) is 0.0460. The molecule has 97 valence electrons. The molecule has 1 radical (unpaired) electrons. The molecular weight excluding hydrogens is 252 g/mol. The fourth-order valence-electron chi connectivity index (χ4n) is 2.07. The number of methoxy groups -OCH3 is 1. The van der Waals surface area contributed by atoms with Gasteiger partial charge in [-0.3, -0.25) is 4.79 Å². The zero-order chi connectivity index (χ0) is 13.0. The third kappa shape index (κ3) is 2.94. The van der Waals surface area contributed by atoms with E-state index in [0.29, 0.717) is 18.1 Å². The summed E-state index contributed by atoms with van der Waals surface area (Å²) in [6.07, 6.45) is 0. The number of piperazine rings is 1. The summed E-state index contributed by atoms with van der Waals surface area (Å²) >= 11 is 6.13. The molecule has 0 spiro atoms. The van der Waals surface area contributed by atoms with Gasteiger partial charge in [0.15, 0.2) is 0 Å². The topological polar surface area (TPSA) is 32.8 Å². The molecule has 0 bridgehead atoms. The molecule has 1 aliphatic rings. The molecule has 1 amide bonds. The number of halogens is 1. The van der Waals surface area contributed by atoms with Gasteiger partial charge in [0.25, 0.3) is 0 Å². The quantitative estimate of drug-likeness (QED) is 0.831. The molecule has 18 heavy (non-hydrogen) atoms. The Morgan fingerprint density at radius 2 is 2.17 bits per heavy atom. The van der Waals surface area contributed by atoms with E-state index in [9.17, 15) is 4.79 Å². The third-order valence-electron chi connectivity index (χ3n) is 3.03. The average Bonchev–Trinajstić information content (AvgIpc) is 2.40. The number of nitrogens with zero attached hydrogens (tertiary/aromatic N) is 2. The van der Waals surface area contributed by atoms with Crippen LogP contribution in [0.4, 0.5) is 5.69 Å². The van der Waals surface area contributed by atoms with Crippen LogP contribution in [-0.4, -0.2) is 50.7 Å². The maximum Gasteiger partial charge on any atom is 0.248 e. The van der Waals surface area contributed by atoms with E-state index >= 15 is 0 Å². The van der Waals surface area contributed by atoms with Crippen LogP contribution in [0.5, 0.6) is 0 Å². The van der Waals surface area contributed by atoms with E-state index in [1.807, 2.05) is 17.0 Å². The maximum absolute atomic E-state index is 11.7. The van der Waals surface area contributed by atoms with E-state index in [2.05, 4.69) is 11.0 Å². The predicted octanol–water partition coefficient (Wildman–Crippen LogP) is 1.44. The Balaban J connectivity index is 1.95. The number of hydrogen-bond acceptors (Lipinski definition) is 3. The summed E-state index contributed by atoms with van der Waals surface area (Å²) in [6, 6.07) is 8.51. The van der Waals surface area contributed by atoms with Crippen LogP contribution in [-0.2, 0) is 9.53 Å². The number of carbonyl (C=O) groups is 1. The molecule has 0 aliphatic carbocycles. The van der Waals surface area contributed by atoms with E-state index in [-0.39, 0.29) is 12.5 Å². The molecule has 0 saturated carbocycles.